The number of pyridine rings is 1. The molecule has 2 nitrogen and oxygen atoms in total. The van der Waals surface area contributed by atoms with Crippen molar-refractivity contribution in [1.29, 1.82) is 0 Å². The van der Waals surface area contributed by atoms with Crippen molar-refractivity contribution in [3.63, 3.8) is 0 Å². The van der Waals surface area contributed by atoms with E-state index in [0.29, 0.717) is 5.15 Å². The van der Waals surface area contributed by atoms with Gasteiger partial charge in [-0.2, -0.15) is 0 Å². The molecule has 0 spiro atoms. The molecule has 1 aromatic rings. The van der Waals surface area contributed by atoms with Gasteiger partial charge in [0.25, 0.3) is 0 Å². The Hall–Kier alpha value is -0.760. The van der Waals surface area contributed by atoms with Crippen molar-refractivity contribution in [2.45, 2.75) is 32.6 Å². The van der Waals surface area contributed by atoms with E-state index in [9.17, 15) is 0 Å². The lowest BCUT2D eigenvalue weighted by atomic mass is 10.2. The van der Waals surface area contributed by atoms with Crippen LogP contribution in [0.3, 0.4) is 0 Å². The zero-order valence-electron chi connectivity index (χ0n) is 8.59. The summed E-state index contributed by atoms with van der Waals surface area (Å²) >= 11 is 5.76. The summed E-state index contributed by atoms with van der Waals surface area (Å²) in [5.74, 6) is 0. The van der Waals surface area contributed by atoms with Crippen LogP contribution < -0.4 is 5.32 Å². The molecule has 14 heavy (non-hydrogen) atoms. The molecule has 0 fully saturated rings. The van der Waals surface area contributed by atoms with Crippen LogP contribution in [0, 0.1) is 0 Å². The van der Waals surface area contributed by atoms with Crippen LogP contribution >= 0.6 is 11.6 Å². The molecule has 0 aliphatic heterocycles. The van der Waals surface area contributed by atoms with Gasteiger partial charge in [0.05, 0.1) is 0 Å². The predicted molar refractivity (Wildman–Crippen MR) is 61.9 cm³/mol. The number of halogens is 1. The van der Waals surface area contributed by atoms with Crippen molar-refractivity contribution < 1.29 is 0 Å². The number of aromatic nitrogens is 1. The maximum Gasteiger partial charge on any atom is 0.131 e. The van der Waals surface area contributed by atoms with Crippen LogP contribution in [-0.2, 0) is 0 Å². The number of nitrogens with zero attached hydrogens (tertiary/aromatic N) is 1. The third-order valence-corrected chi connectivity index (χ3v) is 2.29. The van der Waals surface area contributed by atoms with Gasteiger partial charge < -0.3 is 5.32 Å². The zero-order chi connectivity index (χ0) is 10.2. The molecule has 1 aromatic heterocycles. The third-order valence-electron chi connectivity index (χ3n) is 2.09. The second-order valence-electron chi connectivity index (χ2n) is 3.35. The van der Waals surface area contributed by atoms with E-state index in [1.165, 1.54) is 25.7 Å². The minimum absolute atomic E-state index is 0.545. The molecule has 0 amide bonds. The van der Waals surface area contributed by atoms with Crippen LogP contribution in [0.4, 0.5) is 5.69 Å². The number of nitrogens with one attached hydrogen (secondary N) is 1. The first-order valence-electron chi connectivity index (χ1n) is 5.18. The minimum atomic E-state index is 0.545. The molecule has 1 heterocycles. The quantitative estimate of drug-likeness (QED) is 0.574. The highest BCUT2D eigenvalue weighted by atomic mass is 35.5. The van der Waals surface area contributed by atoms with E-state index in [1.807, 2.05) is 12.1 Å². The van der Waals surface area contributed by atoms with Gasteiger partial charge in [0.2, 0.25) is 0 Å². The topological polar surface area (TPSA) is 24.9 Å². The van der Waals surface area contributed by atoms with Crippen molar-refractivity contribution in [3.8, 4) is 0 Å². The number of rotatable bonds is 6. The smallest absolute Gasteiger partial charge is 0.131 e. The zero-order valence-corrected chi connectivity index (χ0v) is 9.35. The monoisotopic (exact) mass is 212 g/mol. The molecule has 0 bridgehead atoms. The molecule has 0 radical (unpaired) electrons. The maximum atomic E-state index is 5.76. The van der Waals surface area contributed by atoms with E-state index in [-0.39, 0.29) is 0 Å². The van der Waals surface area contributed by atoms with Gasteiger partial charge in [-0.3, -0.25) is 0 Å². The van der Waals surface area contributed by atoms with Gasteiger partial charge in [0, 0.05) is 18.4 Å². The summed E-state index contributed by atoms with van der Waals surface area (Å²) in [6.45, 7) is 3.23. The van der Waals surface area contributed by atoms with Crippen molar-refractivity contribution in [1.82, 2.24) is 4.98 Å². The maximum absolute atomic E-state index is 5.76. The fourth-order valence-electron chi connectivity index (χ4n) is 1.30. The Balaban J connectivity index is 2.18. The van der Waals surface area contributed by atoms with Gasteiger partial charge in [-0.25, -0.2) is 4.98 Å². The highest BCUT2D eigenvalue weighted by molar-refractivity contribution is 6.29. The first kappa shape index (κ1) is 11.3. The Morgan fingerprint density at radius 2 is 2.21 bits per heavy atom. The fourth-order valence-corrected chi connectivity index (χ4v) is 1.47. The lowest BCUT2D eigenvalue weighted by Gasteiger charge is -2.05. The van der Waals surface area contributed by atoms with Crippen molar-refractivity contribution in [2.24, 2.45) is 0 Å². The summed E-state index contributed by atoms with van der Waals surface area (Å²) in [5, 5.41) is 3.86. The standard InChI is InChI=1S/C11H17ClN2/c1-2-3-4-5-7-13-10-6-8-14-11(12)9-10/h6,8-9H,2-5,7H2,1H3,(H,13,14). The van der Waals surface area contributed by atoms with Crippen LogP contribution in [-0.4, -0.2) is 11.5 Å². The summed E-state index contributed by atoms with van der Waals surface area (Å²) in [6.07, 6.45) is 6.83. The van der Waals surface area contributed by atoms with Crippen molar-refractivity contribution in [3.05, 3.63) is 23.5 Å². The second-order valence-corrected chi connectivity index (χ2v) is 3.74. The predicted octanol–water partition coefficient (Wildman–Crippen LogP) is 3.73. The summed E-state index contributed by atoms with van der Waals surface area (Å²) in [7, 11) is 0. The largest absolute Gasteiger partial charge is 0.385 e. The Kier molecular flexibility index (Phi) is 5.38. The normalized spacial score (nSPS) is 10.1. The van der Waals surface area contributed by atoms with E-state index in [2.05, 4.69) is 17.2 Å². The van der Waals surface area contributed by atoms with Gasteiger partial charge in [-0.1, -0.05) is 37.8 Å². The van der Waals surface area contributed by atoms with E-state index in [4.69, 9.17) is 11.6 Å². The molecule has 3 heteroatoms. The van der Waals surface area contributed by atoms with Crippen molar-refractivity contribution in [2.75, 3.05) is 11.9 Å². The lowest BCUT2D eigenvalue weighted by molar-refractivity contribution is 0.685. The number of hydrogen-bond donors (Lipinski definition) is 1. The summed E-state index contributed by atoms with van der Waals surface area (Å²) in [6, 6.07) is 3.78. The third kappa shape index (κ3) is 4.47. The van der Waals surface area contributed by atoms with E-state index in [1.54, 1.807) is 6.20 Å². The molecule has 1 rings (SSSR count). The van der Waals surface area contributed by atoms with E-state index in [0.717, 1.165) is 12.2 Å². The Labute approximate surface area is 90.7 Å². The van der Waals surface area contributed by atoms with Gasteiger partial charge in [0.1, 0.15) is 5.15 Å². The molecule has 1 N–H and O–H groups in total. The number of hydrogen-bond acceptors (Lipinski definition) is 2. The van der Waals surface area contributed by atoms with Gasteiger partial charge >= 0.3 is 0 Å². The minimum Gasteiger partial charge on any atom is -0.385 e. The molecule has 0 unspecified atom stereocenters. The number of anilines is 1. The summed E-state index contributed by atoms with van der Waals surface area (Å²) < 4.78 is 0. The van der Waals surface area contributed by atoms with E-state index < -0.39 is 0 Å². The van der Waals surface area contributed by atoms with Crippen LogP contribution in [0.25, 0.3) is 0 Å². The molecule has 78 valence electrons. The molecular weight excluding hydrogens is 196 g/mol. The average Bonchev–Trinajstić information content (AvgIpc) is 2.18. The number of unbranched alkanes of at least 4 members (excludes halogenated alkanes) is 3. The van der Waals surface area contributed by atoms with Crippen LogP contribution in [0.5, 0.6) is 0 Å². The average molecular weight is 213 g/mol. The summed E-state index contributed by atoms with van der Waals surface area (Å²) in [4.78, 5) is 3.92. The molecule has 0 aromatic carbocycles. The van der Waals surface area contributed by atoms with Crippen LogP contribution in [0.2, 0.25) is 5.15 Å². The SMILES string of the molecule is CCCCCCNc1ccnc(Cl)c1. The Morgan fingerprint density at radius 3 is 2.93 bits per heavy atom. The Bertz CT molecular complexity index is 263. The first-order valence-corrected chi connectivity index (χ1v) is 5.56. The van der Waals surface area contributed by atoms with Crippen LogP contribution in [0.1, 0.15) is 32.6 Å². The molecule has 0 aliphatic carbocycles. The first-order chi connectivity index (χ1) is 6.83. The fraction of sp³-hybridized carbons (Fsp3) is 0.545. The second kappa shape index (κ2) is 6.66. The highest BCUT2D eigenvalue weighted by Gasteiger charge is 1.93. The van der Waals surface area contributed by atoms with Gasteiger partial charge in [-0.15, -0.1) is 0 Å². The molecule has 0 atom stereocenters. The van der Waals surface area contributed by atoms with Gasteiger partial charge in [0.15, 0.2) is 0 Å². The molecule has 0 saturated heterocycles. The molecule has 0 saturated carbocycles. The van der Waals surface area contributed by atoms with Crippen molar-refractivity contribution >= 4 is 17.3 Å². The van der Waals surface area contributed by atoms with Gasteiger partial charge in [-0.05, 0) is 18.6 Å². The Morgan fingerprint density at radius 1 is 1.36 bits per heavy atom. The molecular formula is C11H17ClN2. The lowest BCUT2D eigenvalue weighted by Crippen LogP contribution is -2.01. The highest BCUT2D eigenvalue weighted by Crippen LogP contribution is 2.11. The summed E-state index contributed by atoms with van der Waals surface area (Å²) in [5.41, 5.74) is 1.06. The molecule has 0 aliphatic rings. The van der Waals surface area contributed by atoms with Crippen LogP contribution in [0.15, 0.2) is 18.3 Å². The van der Waals surface area contributed by atoms with E-state index >= 15 is 0 Å².